The fourth-order valence-electron chi connectivity index (χ4n) is 3.70. The molecule has 0 unspecified atom stereocenters. The number of hydrogen-bond donors (Lipinski definition) is 0. The summed E-state index contributed by atoms with van der Waals surface area (Å²) < 4.78 is 51.9. The Morgan fingerprint density at radius 2 is 1.68 bits per heavy atom. The molecule has 0 aromatic heterocycles. The third kappa shape index (κ3) is 3.34. The van der Waals surface area contributed by atoms with E-state index in [9.17, 15) is 27.2 Å². The van der Waals surface area contributed by atoms with Crippen LogP contribution in [0.1, 0.15) is 35.7 Å². The van der Waals surface area contributed by atoms with Gasteiger partial charge in [0.05, 0.1) is 5.56 Å². The van der Waals surface area contributed by atoms with E-state index in [4.69, 9.17) is 0 Å². The number of carbonyl (C=O) groups excluding carboxylic acids is 2. The molecule has 1 aromatic carbocycles. The zero-order valence-corrected chi connectivity index (χ0v) is 13.7. The van der Waals surface area contributed by atoms with Crippen LogP contribution in [0.2, 0.25) is 0 Å². The molecule has 0 bridgehead atoms. The Morgan fingerprint density at radius 3 is 2.24 bits per heavy atom. The van der Waals surface area contributed by atoms with Gasteiger partial charge >= 0.3 is 6.18 Å². The summed E-state index contributed by atoms with van der Waals surface area (Å²) in [6.07, 6.45) is -3.37. The van der Waals surface area contributed by atoms with Crippen LogP contribution in [0.15, 0.2) is 18.2 Å². The van der Waals surface area contributed by atoms with Gasteiger partial charge in [-0.2, -0.15) is 13.2 Å². The third-order valence-corrected chi connectivity index (χ3v) is 5.13. The van der Waals surface area contributed by atoms with E-state index in [0.29, 0.717) is 44.7 Å². The molecule has 2 amide bonds. The summed E-state index contributed by atoms with van der Waals surface area (Å²) in [4.78, 5) is 27.3. The third-order valence-electron chi connectivity index (χ3n) is 5.13. The van der Waals surface area contributed by atoms with Crippen LogP contribution < -0.4 is 0 Å². The van der Waals surface area contributed by atoms with Gasteiger partial charge in [-0.25, -0.2) is 4.39 Å². The molecule has 2 aliphatic heterocycles. The van der Waals surface area contributed by atoms with Crippen molar-refractivity contribution in [2.45, 2.75) is 25.9 Å². The van der Waals surface area contributed by atoms with Gasteiger partial charge in [-0.1, -0.05) is 0 Å². The van der Waals surface area contributed by atoms with E-state index in [2.05, 4.69) is 0 Å². The normalized spacial score (nSPS) is 23.6. The quantitative estimate of drug-likeness (QED) is 0.725. The first-order valence-electron chi connectivity index (χ1n) is 8.03. The van der Waals surface area contributed by atoms with E-state index in [1.54, 1.807) is 4.90 Å². The van der Waals surface area contributed by atoms with Crippen LogP contribution in [0, 0.1) is 11.2 Å². The molecule has 2 heterocycles. The van der Waals surface area contributed by atoms with Gasteiger partial charge in [0, 0.05) is 44.1 Å². The first-order valence-corrected chi connectivity index (χ1v) is 8.03. The summed E-state index contributed by atoms with van der Waals surface area (Å²) in [6.45, 7) is 3.50. The summed E-state index contributed by atoms with van der Waals surface area (Å²) in [5.74, 6) is -1.95. The number of halogens is 4. The lowest BCUT2D eigenvalue weighted by molar-refractivity contribution is -0.140. The van der Waals surface area contributed by atoms with Crippen molar-refractivity contribution in [2.75, 3.05) is 26.2 Å². The Hall–Kier alpha value is -2.12. The second-order valence-electron chi connectivity index (χ2n) is 6.86. The molecular formula is C17H18F4N2O2. The SMILES string of the molecule is CC(=O)N1CC[C@@]2(CCN(C(=O)c3ccc(F)c(C(F)(F)F)c3)C2)C1. The van der Waals surface area contributed by atoms with Crippen molar-refractivity contribution >= 4 is 11.8 Å². The molecule has 0 N–H and O–H groups in total. The van der Waals surface area contributed by atoms with Crippen LogP contribution in [0.25, 0.3) is 0 Å². The number of likely N-dealkylation sites (tertiary alicyclic amines) is 2. The number of rotatable bonds is 1. The molecule has 2 aliphatic rings. The molecule has 0 radical (unpaired) electrons. The molecule has 25 heavy (non-hydrogen) atoms. The van der Waals surface area contributed by atoms with Crippen LogP contribution in [0.4, 0.5) is 17.6 Å². The molecule has 0 aliphatic carbocycles. The van der Waals surface area contributed by atoms with E-state index in [0.717, 1.165) is 12.5 Å². The summed E-state index contributed by atoms with van der Waals surface area (Å²) in [5, 5.41) is 0. The first kappa shape index (κ1) is 17.7. The molecule has 136 valence electrons. The highest BCUT2D eigenvalue weighted by Gasteiger charge is 2.45. The van der Waals surface area contributed by atoms with Gasteiger partial charge in [0.15, 0.2) is 0 Å². The Balaban J connectivity index is 1.76. The van der Waals surface area contributed by atoms with Crippen molar-refractivity contribution in [1.82, 2.24) is 9.80 Å². The number of amides is 2. The highest BCUT2D eigenvalue weighted by molar-refractivity contribution is 5.94. The topological polar surface area (TPSA) is 40.6 Å². The zero-order valence-electron chi connectivity index (χ0n) is 13.7. The minimum atomic E-state index is -4.85. The monoisotopic (exact) mass is 358 g/mol. The van der Waals surface area contributed by atoms with E-state index < -0.39 is 23.5 Å². The maximum absolute atomic E-state index is 13.4. The minimum Gasteiger partial charge on any atom is -0.342 e. The standard InChI is InChI=1S/C17H18F4N2O2/c1-11(24)22-6-4-16(9-22)5-7-23(10-16)15(25)12-2-3-14(18)13(8-12)17(19,20)21/h2-3,8H,4-7,9-10H2,1H3/t16-/m1/s1. The summed E-state index contributed by atoms with van der Waals surface area (Å²) >= 11 is 0. The molecule has 2 fully saturated rings. The number of alkyl halides is 3. The van der Waals surface area contributed by atoms with E-state index in [1.807, 2.05) is 0 Å². The smallest absolute Gasteiger partial charge is 0.342 e. The van der Waals surface area contributed by atoms with Crippen molar-refractivity contribution in [3.05, 3.63) is 35.1 Å². The second kappa shape index (κ2) is 6.00. The fourth-order valence-corrected chi connectivity index (χ4v) is 3.70. The molecule has 8 heteroatoms. The van der Waals surface area contributed by atoms with E-state index in [1.165, 1.54) is 11.8 Å². The maximum Gasteiger partial charge on any atom is 0.419 e. The van der Waals surface area contributed by atoms with Crippen LogP contribution >= 0.6 is 0 Å². The van der Waals surface area contributed by atoms with Crippen LogP contribution in [-0.2, 0) is 11.0 Å². The number of nitrogens with zero attached hydrogens (tertiary/aromatic N) is 2. The van der Waals surface area contributed by atoms with Gasteiger partial charge in [0.1, 0.15) is 5.82 Å². The van der Waals surface area contributed by atoms with Gasteiger partial charge in [0.25, 0.3) is 5.91 Å². The second-order valence-corrected chi connectivity index (χ2v) is 6.86. The molecule has 1 aromatic rings. The van der Waals surface area contributed by atoms with Crippen molar-refractivity contribution < 1.29 is 27.2 Å². The highest BCUT2D eigenvalue weighted by atomic mass is 19.4. The average molecular weight is 358 g/mol. The van der Waals surface area contributed by atoms with Gasteiger partial charge in [-0.3, -0.25) is 9.59 Å². The van der Waals surface area contributed by atoms with E-state index in [-0.39, 0.29) is 16.9 Å². The average Bonchev–Trinajstić information content (AvgIpc) is 3.14. The van der Waals surface area contributed by atoms with E-state index >= 15 is 0 Å². The Labute approximate surface area is 142 Å². The van der Waals surface area contributed by atoms with Crippen molar-refractivity contribution in [1.29, 1.82) is 0 Å². The minimum absolute atomic E-state index is 0.0185. The van der Waals surface area contributed by atoms with Gasteiger partial charge in [0.2, 0.25) is 5.91 Å². The number of benzene rings is 1. The molecule has 2 saturated heterocycles. The lowest BCUT2D eigenvalue weighted by Crippen LogP contribution is -2.35. The van der Waals surface area contributed by atoms with Crippen LogP contribution in [-0.4, -0.2) is 47.8 Å². The molecule has 1 atom stereocenters. The van der Waals surface area contributed by atoms with Crippen LogP contribution in [0.5, 0.6) is 0 Å². The number of carbonyl (C=O) groups is 2. The molecular weight excluding hydrogens is 340 g/mol. The molecule has 4 nitrogen and oxygen atoms in total. The summed E-state index contributed by atoms with van der Waals surface area (Å²) in [7, 11) is 0. The molecule has 0 saturated carbocycles. The predicted molar refractivity (Wildman–Crippen MR) is 81.2 cm³/mol. The lowest BCUT2D eigenvalue weighted by atomic mass is 9.86. The highest BCUT2D eigenvalue weighted by Crippen LogP contribution is 2.40. The van der Waals surface area contributed by atoms with Gasteiger partial charge in [-0.05, 0) is 31.0 Å². The first-order chi connectivity index (χ1) is 11.6. The predicted octanol–water partition coefficient (Wildman–Crippen LogP) is 2.93. The molecule has 3 rings (SSSR count). The molecule has 1 spiro atoms. The van der Waals surface area contributed by atoms with Crippen molar-refractivity contribution in [3.8, 4) is 0 Å². The zero-order chi connectivity index (χ0) is 18.4. The fraction of sp³-hybridized carbons (Fsp3) is 0.529. The number of hydrogen-bond acceptors (Lipinski definition) is 2. The van der Waals surface area contributed by atoms with Crippen molar-refractivity contribution in [3.63, 3.8) is 0 Å². The Bertz CT molecular complexity index is 719. The maximum atomic E-state index is 13.4. The Morgan fingerprint density at radius 1 is 1.08 bits per heavy atom. The summed E-state index contributed by atoms with van der Waals surface area (Å²) in [5.41, 5.74) is -1.79. The largest absolute Gasteiger partial charge is 0.419 e. The summed E-state index contributed by atoms with van der Waals surface area (Å²) in [6, 6.07) is 2.32. The Kier molecular flexibility index (Phi) is 4.25. The van der Waals surface area contributed by atoms with Crippen LogP contribution in [0.3, 0.4) is 0 Å². The van der Waals surface area contributed by atoms with Crippen molar-refractivity contribution in [2.24, 2.45) is 5.41 Å². The lowest BCUT2D eigenvalue weighted by Gasteiger charge is -2.24. The van der Waals surface area contributed by atoms with Gasteiger partial charge in [-0.15, -0.1) is 0 Å². The van der Waals surface area contributed by atoms with Gasteiger partial charge < -0.3 is 9.80 Å².